The summed E-state index contributed by atoms with van der Waals surface area (Å²) in [6.07, 6.45) is 2.08. The number of hydrogen-bond donors (Lipinski definition) is 1. The lowest BCUT2D eigenvalue weighted by Gasteiger charge is -2.30. The third-order valence-electron chi connectivity index (χ3n) is 4.46. The summed E-state index contributed by atoms with van der Waals surface area (Å²) in [6, 6.07) is 0. The number of amides is 1. The Morgan fingerprint density at radius 2 is 1.92 bits per heavy atom. The Bertz CT molecular complexity index is 665. The Hall–Kier alpha value is -2.31. The van der Waals surface area contributed by atoms with Gasteiger partial charge >= 0.3 is 11.9 Å². The minimum atomic E-state index is -0.644. The van der Waals surface area contributed by atoms with Crippen molar-refractivity contribution in [2.45, 2.75) is 40.5 Å². The predicted molar refractivity (Wildman–Crippen MR) is 91.5 cm³/mol. The molecule has 7 heteroatoms. The standard InChI is InChI=1S/C18H26N2O5/c1-5-24-17(22)15-12(3)16(19-13(15)4)18(23)25-10-14(21)20-8-6-7-11(2)9-20/h11,19H,5-10H2,1-4H3/t11-/m1/s1. The summed E-state index contributed by atoms with van der Waals surface area (Å²) in [5, 5.41) is 0. The first kappa shape index (κ1) is 19.0. The molecule has 138 valence electrons. The fourth-order valence-corrected chi connectivity index (χ4v) is 3.17. The van der Waals surface area contributed by atoms with E-state index in [9.17, 15) is 14.4 Å². The lowest BCUT2D eigenvalue weighted by Crippen LogP contribution is -2.41. The number of aromatic nitrogens is 1. The van der Waals surface area contributed by atoms with Crippen LogP contribution < -0.4 is 0 Å². The van der Waals surface area contributed by atoms with Gasteiger partial charge in [-0.2, -0.15) is 0 Å². The van der Waals surface area contributed by atoms with Crippen molar-refractivity contribution >= 4 is 17.8 Å². The first-order valence-corrected chi connectivity index (χ1v) is 8.66. The van der Waals surface area contributed by atoms with Crippen LogP contribution >= 0.6 is 0 Å². The van der Waals surface area contributed by atoms with Gasteiger partial charge in [-0.1, -0.05) is 6.92 Å². The highest BCUT2D eigenvalue weighted by Crippen LogP contribution is 2.20. The van der Waals surface area contributed by atoms with Gasteiger partial charge in [-0.25, -0.2) is 9.59 Å². The van der Waals surface area contributed by atoms with E-state index >= 15 is 0 Å². The van der Waals surface area contributed by atoms with Crippen LogP contribution in [0.4, 0.5) is 0 Å². The van der Waals surface area contributed by atoms with Gasteiger partial charge in [-0.3, -0.25) is 4.79 Å². The molecule has 2 heterocycles. The number of hydrogen-bond acceptors (Lipinski definition) is 5. The molecule has 0 spiro atoms. The molecule has 1 aliphatic heterocycles. The van der Waals surface area contributed by atoms with Crippen molar-refractivity contribution in [1.29, 1.82) is 0 Å². The Labute approximate surface area is 147 Å². The summed E-state index contributed by atoms with van der Waals surface area (Å²) in [5.74, 6) is -0.846. The van der Waals surface area contributed by atoms with Crippen molar-refractivity contribution in [2.75, 3.05) is 26.3 Å². The predicted octanol–water partition coefficient (Wildman–Crippen LogP) is 2.22. The van der Waals surface area contributed by atoms with Gasteiger partial charge in [0.15, 0.2) is 6.61 Å². The molecule has 1 aromatic rings. The van der Waals surface area contributed by atoms with Gasteiger partial charge in [0.1, 0.15) is 5.69 Å². The Morgan fingerprint density at radius 1 is 1.20 bits per heavy atom. The zero-order valence-corrected chi connectivity index (χ0v) is 15.3. The lowest BCUT2D eigenvalue weighted by molar-refractivity contribution is -0.136. The molecule has 0 aliphatic carbocycles. The minimum Gasteiger partial charge on any atom is -0.462 e. The summed E-state index contributed by atoms with van der Waals surface area (Å²) in [5.41, 5.74) is 1.53. The van der Waals surface area contributed by atoms with E-state index in [1.54, 1.807) is 25.7 Å². The monoisotopic (exact) mass is 350 g/mol. The second-order valence-electron chi connectivity index (χ2n) is 6.51. The SMILES string of the molecule is CCOC(=O)c1c(C)[nH]c(C(=O)OCC(=O)N2CCC[C@@H](C)C2)c1C. The quantitative estimate of drug-likeness (QED) is 0.823. The number of ether oxygens (including phenoxy) is 2. The van der Waals surface area contributed by atoms with E-state index < -0.39 is 11.9 Å². The van der Waals surface area contributed by atoms with Gasteiger partial charge in [-0.05, 0) is 45.1 Å². The van der Waals surface area contributed by atoms with Crippen LogP contribution in [-0.2, 0) is 14.3 Å². The summed E-state index contributed by atoms with van der Waals surface area (Å²) in [6.45, 7) is 8.53. The van der Waals surface area contributed by atoms with Crippen molar-refractivity contribution in [3.8, 4) is 0 Å². The van der Waals surface area contributed by atoms with E-state index in [2.05, 4.69) is 11.9 Å². The number of H-pyrrole nitrogens is 1. The smallest absolute Gasteiger partial charge is 0.355 e. The molecule has 1 aliphatic rings. The van der Waals surface area contributed by atoms with Crippen LogP contribution in [0.2, 0.25) is 0 Å². The van der Waals surface area contributed by atoms with Crippen molar-refractivity contribution in [1.82, 2.24) is 9.88 Å². The molecule has 0 aromatic carbocycles. The number of carbonyl (C=O) groups excluding carboxylic acids is 3. The Balaban J connectivity index is 2.00. The molecule has 0 unspecified atom stereocenters. The van der Waals surface area contributed by atoms with Gasteiger partial charge < -0.3 is 19.4 Å². The minimum absolute atomic E-state index is 0.181. The number of esters is 2. The second-order valence-corrected chi connectivity index (χ2v) is 6.51. The molecular weight excluding hydrogens is 324 g/mol. The fourth-order valence-electron chi connectivity index (χ4n) is 3.17. The maximum atomic E-state index is 12.3. The average Bonchev–Trinajstić information content (AvgIpc) is 2.87. The number of aryl methyl sites for hydroxylation is 1. The molecule has 0 bridgehead atoms. The van der Waals surface area contributed by atoms with E-state index in [-0.39, 0.29) is 24.8 Å². The second kappa shape index (κ2) is 8.18. The zero-order valence-electron chi connectivity index (χ0n) is 15.3. The van der Waals surface area contributed by atoms with Crippen LogP contribution in [0, 0.1) is 19.8 Å². The topological polar surface area (TPSA) is 88.7 Å². The molecule has 0 saturated carbocycles. The maximum Gasteiger partial charge on any atom is 0.355 e. The zero-order chi connectivity index (χ0) is 18.6. The molecule has 1 N–H and O–H groups in total. The Morgan fingerprint density at radius 3 is 2.56 bits per heavy atom. The van der Waals surface area contributed by atoms with Crippen molar-refractivity contribution < 1.29 is 23.9 Å². The van der Waals surface area contributed by atoms with Crippen LogP contribution in [0.5, 0.6) is 0 Å². The first-order chi connectivity index (χ1) is 11.8. The van der Waals surface area contributed by atoms with Crippen molar-refractivity contribution in [3.05, 3.63) is 22.5 Å². The van der Waals surface area contributed by atoms with Crippen LogP contribution in [0.25, 0.3) is 0 Å². The summed E-state index contributed by atoms with van der Waals surface area (Å²) >= 11 is 0. The Kier molecular flexibility index (Phi) is 6.22. The fraction of sp³-hybridized carbons (Fsp3) is 0.611. The third kappa shape index (κ3) is 4.41. The van der Waals surface area contributed by atoms with E-state index in [1.807, 2.05) is 0 Å². The molecule has 0 radical (unpaired) electrons. The van der Waals surface area contributed by atoms with Gasteiger partial charge in [0, 0.05) is 18.8 Å². The summed E-state index contributed by atoms with van der Waals surface area (Å²) in [4.78, 5) is 41.0. The molecular formula is C18H26N2O5. The molecule has 1 atom stereocenters. The van der Waals surface area contributed by atoms with Crippen LogP contribution in [0.1, 0.15) is 58.8 Å². The molecule has 2 rings (SSSR count). The normalized spacial score (nSPS) is 17.3. The number of piperidine rings is 1. The van der Waals surface area contributed by atoms with E-state index in [1.165, 1.54) is 0 Å². The highest BCUT2D eigenvalue weighted by molar-refractivity contribution is 5.99. The highest BCUT2D eigenvalue weighted by atomic mass is 16.5. The number of nitrogens with one attached hydrogen (secondary N) is 1. The lowest BCUT2D eigenvalue weighted by atomic mass is 10.0. The molecule has 1 aromatic heterocycles. The van der Waals surface area contributed by atoms with E-state index in [0.717, 1.165) is 12.8 Å². The van der Waals surface area contributed by atoms with Crippen molar-refractivity contribution in [2.24, 2.45) is 5.92 Å². The first-order valence-electron chi connectivity index (χ1n) is 8.66. The maximum absolute atomic E-state index is 12.3. The molecule has 1 amide bonds. The molecule has 1 saturated heterocycles. The number of carbonyl (C=O) groups is 3. The number of rotatable bonds is 5. The molecule has 1 fully saturated rings. The van der Waals surface area contributed by atoms with Crippen LogP contribution in [0.15, 0.2) is 0 Å². The van der Waals surface area contributed by atoms with Crippen molar-refractivity contribution in [3.63, 3.8) is 0 Å². The largest absolute Gasteiger partial charge is 0.462 e. The average molecular weight is 350 g/mol. The number of likely N-dealkylation sites (tertiary alicyclic amines) is 1. The van der Waals surface area contributed by atoms with Gasteiger partial charge in [0.25, 0.3) is 5.91 Å². The number of nitrogens with zero attached hydrogens (tertiary/aromatic N) is 1. The van der Waals surface area contributed by atoms with E-state index in [4.69, 9.17) is 9.47 Å². The van der Waals surface area contributed by atoms with Gasteiger partial charge in [0.2, 0.25) is 0 Å². The highest BCUT2D eigenvalue weighted by Gasteiger charge is 2.26. The molecule has 7 nitrogen and oxygen atoms in total. The van der Waals surface area contributed by atoms with E-state index in [0.29, 0.717) is 35.8 Å². The van der Waals surface area contributed by atoms with Gasteiger partial charge in [-0.15, -0.1) is 0 Å². The van der Waals surface area contributed by atoms with Crippen LogP contribution in [-0.4, -0.2) is 54.0 Å². The molecule has 25 heavy (non-hydrogen) atoms. The van der Waals surface area contributed by atoms with Crippen LogP contribution in [0.3, 0.4) is 0 Å². The van der Waals surface area contributed by atoms with Gasteiger partial charge in [0.05, 0.1) is 12.2 Å². The summed E-state index contributed by atoms with van der Waals surface area (Å²) in [7, 11) is 0. The third-order valence-corrected chi connectivity index (χ3v) is 4.46. The number of aromatic amines is 1. The summed E-state index contributed by atoms with van der Waals surface area (Å²) < 4.78 is 10.2.